The molecule has 0 saturated carbocycles. The van der Waals surface area contributed by atoms with Crippen LogP contribution in [-0.4, -0.2) is 68.5 Å². The molecule has 1 aromatic rings. The predicted octanol–water partition coefficient (Wildman–Crippen LogP) is 1.54. The van der Waals surface area contributed by atoms with E-state index in [9.17, 15) is 9.59 Å². The van der Waals surface area contributed by atoms with Gasteiger partial charge in [0.15, 0.2) is 0 Å². The molecule has 0 aromatic carbocycles. The zero-order chi connectivity index (χ0) is 23.7. The minimum atomic E-state index is -1.14. The number of carbonyl (C=O) groups is 2. The normalized spacial score (nSPS) is 20.9. The topological polar surface area (TPSA) is 104 Å². The van der Waals surface area contributed by atoms with Crippen LogP contribution in [0.1, 0.15) is 52.5 Å². The molecule has 2 atom stereocenters. The van der Waals surface area contributed by atoms with E-state index in [4.69, 9.17) is 17.7 Å². The third-order valence-electron chi connectivity index (χ3n) is 5.68. The van der Waals surface area contributed by atoms with E-state index in [0.717, 1.165) is 37.2 Å². The Kier molecular flexibility index (Phi) is 10.0. The summed E-state index contributed by atoms with van der Waals surface area (Å²) in [6.07, 6.45) is 3.69. The summed E-state index contributed by atoms with van der Waals surface area (Å²) >= 11 is 0. The summed E-state index contributed by atoms with van der Waals surface area (Å²) in [4.78, 5) is 28.2. The van der Waals surface area contributed by atoms with Gasteiger partial charge in [0.2, 0.25) is 5.91 Å². The van der Waals surface area contributed by atoms with Crippen LogP contribution in [-0.2, 0) is 20.8 Å². The fourth-order valence-electron chi connectivity index (χ4n) is 3.85. The second kappa shape index (κ2) is 12.3. The number of fused-ring (bicyclic) bond motifs is 1. The van der Waals surface area contributed by atoms with Crippen LogP contribution >= 0.6 is 0 Å². The average molecular weight is 441 g/mol. The van der Waals surface area contributed by atoms with Gasteiger partial charge in [0.05, 0.1) is 13.8 Å². The van der Waals surface area contributed by atoms with Gasteiger partial charge < -0.3 is 20.5 Å². The SMILES string of the molecule is CC.[B]C(CNC(=O)C1CN(O[B]c2ccc3c(n2)NCCC3)CCC(C)(C)C1)C(=O)O. The number of hydrogen-bond donors (Lipinski definition) is 3. The fraction of sp³-hybridized carbons (Fsp3) is 0.682. The van der Waals surface area contributed by atoms with Crippen LogP contribution in [0.15, 0.2) is 12.1 Å². The van der Waals surface area contributed by atoms with E-state index >= 15 is 0 Å². The molecule has 1 amide bonds. The lowest BCUT2D eigenvalue weighted by Crippen LogP contribution is -2.41. The molecule has 3 heterocycles. The lowest BCUT2D eigenvalue weighted by Gasteiger charge is -2.25. The van der Waals surface area contributed by atoms with Crippen molar-refractivity contribution in [1.82, 2.24) is 15.4 Å². The molecule has 1 saturated heterocycles. The molecule has 10 heteroatoms. The second-order valence-electron chi connectivity index (χ2n) is 8.89. The van der Waals surface area contributed by atoms with E-state index in [1.807, 2.05) is 19.9 Å². The molecule has 0 aliphatic carbocycles. The minimum absolute atomic E-state index is 0.0387. The third-order valence-corrected chi connectivity index (χ3v) is 5.68. The highest BCUT2D eigenvalue weighted by molar-refractivity contribution is 6.45. The Bertz CT molecular complexity index is 778. The number of rotatable bonds is 7. The molecule has 1 aromatic heterocycles. The van der Waals surface area contributed by atoms with Crippen molar-refractivity contribution >= 4 is 38.6 Å². The van der Waals surface area contributed by atoms with Crippen LogP contribution in [0.3, 0.4) is 0 Å². The molecular weight excluding hydrogens is 406 g/mol. The van der Waals surface area contributed by atoms with E-state index in [1.165, 1.54) is 5.56 Å². The standard InChI is InChI=1S/C20H29B2N4O4.C2H6/c1-20(2)7-9-26(12-14(10-20)18(27)24-11-15(21)19(28)29)30-22-16-6-5-13-4-3-8-23-17(13)25-16;1-2/h5-6,14-15H,3-4,7-12H2,1-2H3,(H,23,25)(H,24,27)(H,28,29);1-2H3. The molecule has 3 rings (SSSR count). The van der Waals surface area contributed by atoms with Gasteiger partial charge in [-0.05, 0) is 42.7 Å². The first kappa shape index (κ1) is 26.2. The van der Waals surface area contributed by atoms with Crippen molar-refractivity contribution < 1.29 is 19.5 Å². The van der Waals surface area contributed by atoms with Gasteiger partial charge in [0, 0.05) is 37.6 Å². The largest absolute Gasteiger partial charge is 0.482 e. The summed E-state index contributed by atoms with van der Waals surface area (Å²) in [5, 5.41) is 16.7. The Labute approximate surface area is 193 Å². The first-order valence-electron chi connectivity index (χ1n) is 11.5. The number of anilines is 1. The van der Waals surface area contributed by atoms with Crippen molar-refractivity contribution in [2.45, 2.75) is 59.2 Å². The van der Waals surface area contributed by atoms with E-state index in [0.29, 0.717) is 19.5 Å². The fourth-order valence-corrected chi connectivity index (χ4v) is 3.85. The van der Waals surface area contributed by atoms with Crippen molar-refractivity contribution in [2.24, 2.45) is 11.3 Å². The number of carbonyl (C=O) groups excluding carboxylic acids is 1. The summed E-state index contributed by atoms with van der Waals surface area (Å²) in [5.74, 6) is -1.87. The Morgan fingerprint density at radius 2 is 2.19 bits per heavy atom. The van der Waals surface area contributed by atoms with Crippen molar-refractivity contribution in [1.29, 1.82) is 0 Å². The molecule has 2 aliphatic heterocycles. The summed E-state index contributed by atoms with van der Waals surface area (Å²) in [5.41, 5.74) is 1.90. The quantitative estimate of drug-likeness (QED) is 0.552. The highest BCUT2D eigenvalue weighted by Crippen LogP contribution is 2.33. The number of carboxylic acid groups (broad SMARTS) is 1. The Balaban J connectivity index is 0.00000176. The zero-order valence-electron chi connectivity index (χ0n) is 19.7. The Morgan fingerprint density at radius 1 is 1.44 bits per heavy atom. The van der Waals surface area contributed by atoms with Crippen LogP contribution in [0, 0.1) is 11.3 Å². The maximum atomic E-state index is 12.7. The van der Waals surface area contributed by atoms with Gasteiger partial charge in [-0.1, -0.05) is 33.8 Å². The van der Waals surface area contributed by atoms with Gasteiger partial charge in [-0.25, -0.2) is 10.0 Å². The lowest BCUT2D eigenvalue weighted by atomic mass is 9.81. The van der Waals surface area contributed by atoms with Crippen LogP contribution in [0.25, 0.3) is 0 Å². The smallest absolute Gasteiger partial charge is 0.382 e. The summed E-state index contributed by atoms with van der Waals surface area (Å²) in [6.45, 7) is 10.2. The van der Waals surface area contributed by atoms with E-state index in [2.05, 4.69) is 35.5 Å². The molecule has 3 N–H and O–H groups in total. The molecular formula is C22H35B2N4O4. The number of aliphatic carboxylic acids is 1. The predicted molar refractivity (Wildman–Crippen MR) is 127 cm³/mol. The van der Waals surface area contributed by atoms with Crippen LogP contribution in [0.5, 0.6) is 0 Å². The summed E-state index contributed by atoms with van der Waals surface area (Å²) in [7, 11) is 7.12. The number of amides is 1. The molecule has 2 aliphatic rings. The van der Waals surface area contributed by atoms with Crippen LogP contribution < -0.4 is 16.2 Å². The molecule has 2 unspecified atom stereocenters. The molecule has 1 fully saturated rings. The van der Waals surface area contributed by atoms with Gasteiger partial charge in [0.25, 0.3) is 5.97 Å². The summed E-state index contributed by atoms with van der Waals surface area (Å²) < 4.78 is 5.90. The summed E-state index contributed by atoms with van der Waals surface area (Å²) in [6, 6.07) is 4.00. The average Bonchev–Trinajstić information content (AvgIpc) is 2.94. The molecule has 0 spiro atoms. The van der Waals surface area contributed by atoms with Gasteiger partial charge in [-0.3, -0.25) is 9.59 Å². The Hall–Kier alpha value is -2.06. The molecule has 173 valence electrons. The Morgan fingerprint density at radius 3 is 2.91 bits per heavy atom. The number of aryl methyl sites for hydroxylation is 1. The van der Waals surface area contributed by atoms with Gasteiger partial charge in [0.1, 0.15) is 5.82 Å². The molecule has 3 radical (unpaired) electrons. The number of nitrogens with one attached hydrogen (secondary N) is 2. The molecule has 8 nitrogen and oxygen atoms in total. The van der Waals surface area contributed by atoms with Gasteiger partial charge in [-0.15, -0.1) is 0 Å². The third kappa shape index (κ3) is 7.81. The van der Waals surface area contributed by atoms with Crippen LogP contribution in [0.4, 0.5) is 5.82 Å². The first-order valence-corrected chi connectivity index (χ1v) is 11.5. The first-order chi connectivity index (χ1) is 15.2. The van der Waals surface area contributed by atoms with Crippen molar-refractivity contribution in [3.63, 3.8) is 0 Å². The highest BCUT2D eigenvalue weighted by Gasteiger charge is 2.34. The number of hydroxylamine groups is 2. The van der Waals surface area contributed by atoms with E-state index < -0.39 is 11.8 Å². The number of hydrogen-bond acceptors (Lipinski definition) is 6. The highest BCUT2D eigenvalue weighted by atomic mass is 16.6. The zero-order valence-corrected chi connectivity index (χ0v) is 19.7. The second-order valence-corrected chi connectivity index (χ2v) is 8.89. The van der Waals surface area contributed by atoms with Crippen molar-refractivity contribution in [3.8, 4) is 0 Å². The van der Waals surface area contributed by atoms with E-state index in [-0.39, 0.29) is 23.8 Å². The van der Waals surface area contributed by atoms with Gasteiger partial charge in [-0.2, -0.15) is 0 Å². The van der Waals surface area contributed by atoms with Crippen molar-refractivity contribution in [3.05, 3.63) is 17.7 Å². The molecule has 0 bridgehead atoms. The van der Waals surface area contributed by atoms with Crippen molar-refractivity contribution in [2.75, 3.05) is 31.5 Å². The minimum Gasteiger partial charge on any atom is -0.482 e. The number of nitrogens with zero attached hydrogens (tertiary/aromatic N) is 2. The lowest BCUT2D eigenvalue weighted by molar-refractivity contribution is -0.137. The number of pyridine rings is 1. The maximum Gasteiger partial charge on any atom is 0.382 e. The van der Waals surface area contributed by atoms with E-state index in [1.54, 1.807) is 12.5 Å². The number of carboxylic acids is 1. The maximum absolute atomic E-state index is 12.7. The van der Waals surface area contributed by atoms with Gasteiger partial charge >= 0.3 is 7.48 Å². The monoisotopic (exact) mass is 441 g/mol. The number of aromatic nitrogens is 1. The van der Waals surface area contributed by atoms with Crippen LogP contribution in [0.2, 0.25) is 5.82 Å². The molecule has 32 heavy (non-hydrogen) atoms.